The number of aromatic nitrogens is 2. The van der Waals surface area contributed by atoms with Gasteiger partial charge in [0.15, 0.2) is 5.82 Å². The molecule has 6 heteroatoms. The van der Waals surface area contributed by atoms with Crippen LogP contribution < -0.4 is 4.74 Å². The van der Waals surface area contributed by atoms with Crippen molar-refractivity contribution < 1.29 is 9.47 Å². The van der Waals surface area contributed by atoms with Crippen LogP contribution in [0.25, 0.3) is 11.4 Å². The van der Waals surface area contributed by atoms with Crippen LogP contribution in [0.2, 0.25) is 5.15 Å². The van der Waals surface area contributed by atoms with E-state index in [0.29, 0.717) is 28.7 Å². The van der Waals surface area contributed by atoms with Crippen LogP contribution in [-0.2, 0) is 11.3 Å². The third-order valence-corrected chi connectivity index (χ3v) is 3.92. The maximum atomic E-state index is 6.11. The molecule has 0 bridgehead atoms. The van der Waals surface area contributed by atoms with Gasteiger partial charge in [0.25, 0.3) is 0 Å². The Morgan fingerprint density at radius 3 is 2.50 bits per heavy atom. The van der Waals surface area contributed by atoms with Gasteiger partial charge in [-0.3, -0.25) is 0 Å². The van der Waals surface area contributed by atoms with Crippen molar-refractivity contribution in [2.75, 3.05) is 13.7 Å². The summed E-state index contributed by atoms with van der Waals surface area (Å²) in [4.78, 5) is 8.73. The lowest BCUT2D eigenvalue weighted by Gasteiger charge is -2.08. The number of ether oxygens (including phenoxy) is 2. The number of rotatable bonds is 5. The Labute approximate surface area is 131 Å². The molecule has 1 heterocycles. The van der Waals surface area contributed by atoms with Gasteiger partial charge in [0.05, 0.1) is 23.4 Å². The first-order valence-electron chi connectivity index (χ1n) is 6.09. The largest absolute Gasteiger partial charge is 0.494 e. The third kappa shape index (κ3) is 3.48. The molecule has 20 heavy (non-hydrogen) atoms. The van der Waals surface area contributed by atoms with Crippen molar-refractivity contribution in [1.82, 2.24) is 9.97 Å². The van der Waals surface area contributed by atoms with E-state index in [1.165, 1.54) is 0 Å². The predicted molar refractivity (Wildman–Crippen MR) is 82.1 cm³/mol. The Balaban J connectivity index is 2.36. The lowest BCUT2D eigenvalue weighted by atomic mass is 10.2. The average Bonchev–Trinajstić information content (AvgIpc) is 2.45. The van der Waals surface area contributed by atoms with Crippen LogP contribution in [0.3, 0.4) is 0 Å². The van der Waals surface area contributed by atoms with E-state index in [1.807, 2.05) is 31.2 Å². The normalized spacial score (nSPS) is 10.6. The van der Waals surface area contributed by atoms with Crippen LogP contribution in [0.15, 0.2) is 28.7 Å². The Morgan fingerprint density at radius 1 is 1.20 bits per heavy atom. The summed E-state index contributed by atoms with van der Waals surface area (Å²) in [5.41, 5.74) is 1.59. The molecule has 0 N–H and O–H groups in total. The van der Waals surface area contributed by atoms with Gasteiger partial charge in [-0.05, 0) is 47.1 Å². The fourth-order valence-corrected chi connectivity index (χ4v) is 2.17. The number of methoxy groups -OCH3 is 1. The van der Waals surface area contributed by atoms with Crippen molar-refractivity contribution >= 4 is 27.5 Å². The molecule has 0 saturated heterocycles. The number of hydrogen-bond acceptors (Lipinski definition) is 4. The Kier molecular flexibility index (Phi) is 5.34. The highest BCUT2D eigenvalue weighted by Gasteiger charge is 2.12. The maximum absolute atomic E-state index is 6.11. The average molecular weight is 358 g/mol. The molecule has 0 fully saturated rings. The van der Waals surface area contributed by atoms with Crippen molar-refractivity contribution in [1.29, 1.82) is 0 Å². The van der Waals surface area contributed by atoms with Gasteiger partial charge in [-0.25, -0.2) is 9.97 Å². The van der Waals surface area contributed by atoms with Gasteiger partial charge in [0.1, 0.15) is 10.9 Å². The third-order valence-electron chi connectivity index (χ3n) is 2.58. The Hall–Kier alpha value is -1.17. The molecule has 0 atom stereocenters. The Morgan fingerprint density at radius 2 is 1.90 bits per heavy atom. The van der Waals surface area contributed by atoms with Gasteiger partial charge >= 0.3 is 0 Å². The van der Waals surface area contributed by atoms with Gasteiger partial charge in [-0.15, -0.1) is 0 Å². The van der Waals surface area contributed by atoms with Gasteiger partial charge in [-0.1, -0.05) is 11.6 Å². The molecule has 106 valence electrons. The fraction of sp³-hybridized carbons (Fsp3) is 0.286. The molecule has 4 nitrogen and oxygen atoms in total. The van der Waals surface area contributed by atoms with Crippen molar-refractivity contribution in [3.8, 4) is 17.1 Å². The summed E-state index contributed by atoms with van der Waals surface area (Å²) in [5.74, 6) is 1.38. The van der Waals surface area contributed by atoms with E-state index < -0.39 is 0 Å². The van der Waals surface area contributed by atoms with Crippen molar-refractivity contribution in [3.63, 3.8) is 0 Å². The van der Waals surface area contributed by atoms with Gasteiger partial charge < -0.3 is 9.47 Å². The number of hydrogen-bond donors (Lipinski definition) is 0. The van der Waals surface area contributed by atoms with Crippen LogP contribution in [0.4, 0.5) is 0 Å². The molecule has 2 aromatic rings. The van der Waals surface area contributed by atoms with Crippen LogP contribution in [-0.4, -0.2) is 23.7 Å². The highest BCUT2D eigenvalue weighted by atomic mass is 79.9. The van der Waals surface area contributed by atoms with E-state index in [1.54, 1.807) is 7.11 Å². The molecular formula is C14H14BrClN2O2. The minimum Gasteiger partial charge on any atom is -0.494 e. The van der Waals surface area contributed by atoms with Crippen LogP contribution >= 0.6 is 27.5 Å². The summed E-state index contributed by atoms with van der Waals surface area (Å²) in [6.07, 6.45) is 0. The van der Waals surface area contributed by atoms with E-state index >= 15 is 0 Å². The minimum atomic E-state index is 0.368. The second-order valence-electron chi connectivity index (χ2n) is 3.99. The highest BCUT2D eigenvalue weighted by Crippen LogP contribution is 2.28. The predicted octanol–water partition coefficient (Wildman–Crippen LogP) is 4.10. The van der Waals surface area contributed by atoms with Gasteiger partial charge in [0.2, 0.25) is 0 Å². The van der Waals surface area contributed by atoms with E-state index in [9.17, 15) is 0 Å². The number of benzene rings is 1. The van der Waals surface area contributed by atoms with E-state index in [0.717, 1.165) is 17.0 Å². The van der Waals surface area contributed by atoms with Crippen LogP contribution in [0.5, 0.6) is 5.75 Å². The van der Waals surface area contributed by atoms with Gasteiger partial charge in [-0.2, -0.15) is 0 Å². The van der Waals surface area contributed by atoms with E-state index in [-0.39, 0.29) is 0 Å². The zero-order valence-electron chi connectivity index (χ0n) is 11.2. The van der Waals surface area contributed by atoms with E-state index in [2.05, 4.69) is 25.9 Å². The highest BCUT2D eigenvalue weighted by molar-refractivity contribution is 9.10. The second-order valence-corrected chi connectivity index (χ2v) is 5.14. The van der Waals surface area contributed by atoms with Crippen molar-refractivity contribution in [2.45, 2.75) is 13.5 Å². The molecule has 0 radical (unpaired) electrons. The zero-order valence-corrected chi connectivity index (χ0v) is 13.5. The minimum absolute atomic E-state index is 0.368. The summed E-state index contributed by atoms with van der Waals surface area (Å²) < 4.78 is 11.2. The topological polar surface area (TPSA) is 44.2 Å². The lowest BCUT2D eigenvalue weighted by molar-refractivity contribution is 0.181. The summed E-state index contributed by atoms with van der Waals surface area (Å²) >= 11 is 9.47. The molecule has 0 amide bonds. The summed E-state index contributed by atoms with van der Waals surface area (Å²) in [5, 5.41) is 0.371. The van der Waals surface area contributed by atoms with Crippen molar-refractivity contribution in [2.24, 2.45) is 0 Å². The molecule has 1 aromatic carbocycles. The molecular weight excluding hydrogens is 344 g/mol. The molecule has 0 spiro atoms. The number of halogens is 2. The monoisotopic (exact) mass is 356 g/mol. The first-order valence-corrected chi connectivity index (χ1v) is 7.27. The summed E-state index contributed by atoms with van der Waals surface area (Å²) in [7, 11) is 1.61. The quantitative estimate of drug-likeness (QED) is 0.756. The summed E-state index contributed by atoms with van der Waals surface area (Å²) in [6, 6.07) is 7.57. The molecule has 0 saturated carbocycles. The smallest absolute Gasteiger partial charge is 0.161 e. The molecule has 2 rings (SSSR count). The first kappa shape index (κ1) is 15.2. The second kappa shape index (κ2) is 7.02. The molecule has 0 aliphatic carbocycles. The van der Waals surface area contributed by atoms with Crippen LogP contribution in [0.1, 0.15) is 12.6 Å². The lowest BCUT2D eigenvalue weighted by Crippen LogP contribution is -2.00. The van der Waals surface area contributed by atoms with E-state index in [4.69, 9.17) is 21.1 Å². The van der Waals surface area contributed by atoms with Crippen molar-refractivity contribution in [3.05, 3.63) is 39.6 Å². The zero-order chi connectivity index (χ0) is 14.5. The molecule has 0 aliphatic rings. The first-order chi connectivity index (χ1) is 9.65. The van der Waals surface area contributed by atoms with Crippen LogP contribution in [0, 0.1) is 0 Å². The molecule has 0 unspecified atom stereocenters. The Bertz CT molecular complexity index is 590. The summed E-state index contributed by atoms with van der Waals surface area (Å²) in [6.45, 7) is 2.95. The standard InChI is InChI=1S/C14H14BrClN2O2/c1-3-20-10-6-4-9(5-7-10)14-17-11(8-19-2)12(15)13(16)18-14/h4-7H,3,8H2,1-2H3. The van der Waals surface area contributed by atoms with Gasteiger partial charge in [0, 0.05) is 12.7 Å². The number of nitrogens with zero attached hydrogens (tertiary/aromatic N) is 2. The molecule has 1 aromatic heterocycles. The molecule has 0 aliphatic heterocycles. The fourth-order valence-electron chi connectivity index (χ4n) is 1.69. The maximum Gasteiger partial charge on any atom is 0.161 e. The SMILES string of the molecule is CCOc1ccc(-c2nc(Cl)c(Br)c(COC)n2)cc1.